The van der Waals surface area contributed by atoms with Crippen LogP contribution in [0.3, 0.4) is 0 Å². The predicted molar refractivity (Wildman–Crippen MR) is 68.9 cm³/mol. The summed E-state index contributed by atoms with van der Waals surface area (Å²) in [7, 11) is 0. The maximum atomic E-state index is 13.1. The molecular formula is C14H16F2N2O2. The van der Waals surface area contributed by atoms with E-state index in [4.69, 9.17) is 0 Å². The van der Waals surface area contributed by atoms with E-state index in [1.54, 1.807) is 0 Å². The molecule has 0 bridgehead atoms. The maximum Gasteiger partial charge on any atom is 0.245 e. The Labute approximate surface area is 115 Å². The average molecular weight is 282 g/mol. The van der Waals surface area contributed by atoms with Gasteiger partial charge in [0.05, 0.1) is 6.54 Å². The highest BCUT2D eigenvalue weighted by atomic mass is 19.1. The molecule has 2 amide bonds. The molecule has 0 radical (unpaired) electrons. The van der Waals surface area contributed by atoms with Gasteiger partial charge in [-0.15, -0.1) is 0 Å². The highest BCUT2D eigenvalue weighted by molar-refractivity contribution is 5.94. The first-order valence-electron chi connectivity index (χ1n) is 6.52. The number of carbonyl (C=O) groups is 2. The number of hydrogen-bond acceptors (Lipinski definition) is 2. The number of nitrogens with one attached hydrogen (secondary N) is 1. The van der Waals surface area contributed by atoms with Gasteiger partial charge in [-0.05, 0) is 30.5 Å². The Hall–Kier alpha value is -1.98. The van der Waals surface area contributed by atoms with Crippen LogP contribution in [-0.4, -0.2) is 35.8 Å². The summed E-state index contributed by atoms with van der Waals surface area (Å²) in [5.74, 6) is -1.64. The molecule has 1 atom stereocenters. The van der Waals surface area contributed by atoms with Gasteiger partial charge in [0.15, 0.2) is 0 Å². The van der Waals surface area contributed by atoms with Gasteiger partial charge in [0, 0.05) is 12.6 Å². The van der Waals surface area contributed by atoms with Crippen LogP contribution in [0.4, 0.5) is 8.78 Å². The lowest BCUT2D eigenvalue weighted by molar-refractivity contribution is -0.144. The Kier molecular flexibility index (Phi) is 4.32. The largest absolute Gasteiger partial charge is 0.343 e. The van der Waals surface area contributed by atoms with E-state index in [0.29, 0.717) is 18.4 Å². The molecule has 0 aliphatic carbocycles. The van der Waals surface area contributed by atoms with Crippen LogP contribution in [0.2, 0.25) is 0 Å². The van der Waals surface area contributed by atoms with Crippen molar-refractivity contribution < 1.29 is 18.4 Å². The van der Waals surface area contributed by atoms with Crippen molar-refractivity contribution in [2.24, 2.45) is 0 Å². The lowest BCUT2D eigenvalue weighted by Gasteiger charge is -2.32. The van der Waals surface area contributed by atoms with E-state index in [0.717, 1.165) is 6.07 Å². The van der Waals surface area contributed by atoms with Gasteiger partial charge in [-0.25, -0.2) is 8.78 Å². The van der Waals surface area contributed by atoms with Crippen LogP contribution in [0.1, 0.15) is 18.9 Å². The Morgan fingerprint density at radius 3 is 2.50 bits per heavy atom. The summed E-state index contributed by atoms with van der Waals surface area (Å²) in [5, 5.41) is 2.61. The molecule has 0 spiro atoms. The third kappa shape index (κ3) is 3.31. The predicted octanol–water partition coefficient (Wildman–Crippen LogP) is 1.24. The van der Waals surface area contributed by atoms with Crippen LogP contribution in [0.15, 0.2) is 18.2 Å². The van der Waals surface area contributed by atoms with Gasteiger partial charge >= 0.3 is 0 Å². The quantitative estimate of drug-likeness (QED) is 0.903. The number of amides is 2. The van der Waals surface area contributed by atoms with Gasteiger partial charge in [0.2, 0.25) is 11.8 Å². The standard InChI is InChI=1S/C14H16F2N2O2/c1-2-12-14(20)18(8-13(19)17-12)4-3-9-5-10(15)7-11(16)6-9/h5-7,12H,2-4,8H2,1H3,(H,17,19). The van der Waals surface area contributed by atoms with Crippen LogP contribution < -0.4 is 5.32 Å². The summed E-state index contributed by atoms with van der Waals surface area (Å²) in [6.45, 7) is 2.08. The first kappa shape index (κ1) is 14.4. The van der Waals surface area contributed by atoms with Gasteiger partial charge in [0.1, 0.15) is 17.7 Å². The molecule has 108 valence electrons. The summed E-state index contributed by atoms with van der Waals surface area (Å²) in [6, 6.07) is 2.76. The van der Waals surface area contributed by atoms with Crippen molar-refractivity contribution in [1.29, 1.82) is 0 Å². The van der Waals surface area contributed by atoms with Crippen molar-refractivity contribution in [3.8, 4) is 0 Å². The van der Waals surface area contributed by atoms with Crippen molar-refractivity contribution in [3.05, 3.63) is 35.4 Å². The first-order valence-corrected chi connectivity index (χ1v) is 6.52. The summed E-state index contributed by atoms with van der Waals surface area (Å²) >= 11 is 0. The number of carbonyl (C=O) groups excluding carboxylic acids is 2. The minimum atomic E-state index is -0.644. The smallest absolute Gasteiger partial charge is 0.245 e. The van der Waals surface area contributed by atoms with Crippen molar-refractivity contribution in [2.75, 3.05) is 13.1 Å². The zero-order valence-corrected chi connectivity index (χ0v) is 11.2. The van der Waals surface area contributed by atoms with Crippen LogP contribution in [-0.2, 0) is 16.0 Å². The first-order chi connectivity index (χ1) is 9.49. The Balaban J connectivity index is 2.02. The van der Waals surface area contributed by atoms with Gasteiger partial charge in [-0.1, -0.05) is 6.92 Å². The average Bonchev–Trinajstić information content (AvgIpc) is 2.38. The van der Waals surface area contributed by atoms with Crippen molar-refractivity contribution in [1.82, 2.24) is 10.2 Å². The summed E-state index contributed by atoms with van der Waals surface area (Å²) in [5.41, 5.74) is 0.467. The van der Waals surface area contributed by atoms with Crippen LogP contribution in [0.25, 0.3) is 0 Å². The lowest BCUT2D eigenvalue weighted by Crippen LogP contribution is -2.58. The topological polar surface area (TPSA) is 49.4 Å². The number of rotatable bonds is 4. The van der Waals surface area contributed by atoms with Crippen molar-refractivity contribution >= 4 is 11.8 Å². The molecule has 1 N–H and O–H groups in total. The monoisotopic (exact) mass is 282 g/mol. The summed E-state index contributed by atoms with van der Waals surface area (Å²) in [4.78, 5) is 24.9. The van der Waals surface area contributed by atoms with Gasteiger partial charge < -0.3 is 10.2 Å². The fraction of sp³-hybridized carbons (Fsp3) is 0.429. The summed E-state index contributed by atoms with van der Waals surface area (Å²) < 4.78 is 26.1. The molecule has 1 unspecified atom stereocenters. The third-order valence-corrected chi connectivity index (χ3v) is 3.28. The number of piperazine rings is 1. The molecule has 4 nitrogen and oxygen atoms in total. The van der Waals surface area contributed by atoms with E-state index < -0.39 is 17.7 Å². The van der Waals surface area contributed by atoms with E-state index in [1.807, 2.05) is 6.92 Å². The van der Waals surface area contributed by atoms with Crippen molar-refractivity contribution in [2.45, 2.75) is 25.8 Å². The Morgan fingerprint density at radius 1 is 1.25 bits per heavy atom. The Bertz CT molecular complexity index is 514. The van der Waals surface area contributed by atoms with E-state index in [1.165, 1.54) is 17.0 Å². The fourth-order valence-corrected chi connectivity index (χ4v) is 2.26. The maximum absolute atomic E-state index is 13.1. The molecule has 1 aliphatic heterocycles. The number of nitrogens with zero attached hydrogens (tertiary/aromatic N) is 1. The molecule has 6 heteroatoms. The molecule has 0 aromatic heterocycles. The van der Waals surface area contributed by atoms with Crippen LogP contribution in [0, 0.1) is 11.6 Å². The molecule has 1 aliphatic rings. The summed E-state index contributed by atoms with van der Waals surface area (Å²) in [6.07, 6.45) is 0.833. The van der Waals surface area contributed by atoms with E-state index >= 15 is 0 Å². The number of halogens is 2. The Morgan fingerprint density at radius 2 is 1.90 bits per heavy atom. The normalized spacial score (nSPS) is 19.1. The molecule has 1 fully saturated rings. The number of benzene rings is 1. The molecule has 2 rings (SSSR count). The second-order valence-corrected chi connectivity index (χ2v) is 4.82. The second-order valence-electron chi connectivity index (χ2n) is 4.82. The molecule has 1 aromatic carbocycles. The van der Waals surface area contributed by atoms with Gasteiger partial charge in [-0.3, -0.25) is 9.59 Å². The molecule has 20 heavy (non-hydrogen) atoms. The van der Waals surface area contributed by atoms with Crippen LogP contribution >= 0.6 is 0 Å². The number of hydrogen-bond donors (Lipinski definition) is 1. The molecule has 1 aromatic rings. The van der Waals surface area contributed by atoms with E-state index in [2.05, 4.69) is 5.32 Å². The highest BCUT2D eigenvalue weighted by Crippen LogP contribution is 2.11. The van der Waals surface area contributed by atoms with Crippen molar-refractivity contribution in [3.63, 3.8) is 0 Å². The third-order valence-electron chi connectivity index (χ3n) is 3.28. The molecule has 1 heterocycles. The highest BCUT2D eigenvalue weighted by Gasteiger charge is 2.30. The minimum Gasteiger partial charge on any atom is -0.343 e. The lowest BCUT2D eigenvalue weighted by atomic mass is 10.1. The van der Waals surface area contributed by atoms with E-state index in [9.17, 15) is 18.4 Å². The van der Waals surface area contributed by atoms with Crippen LogP contribution in [0.5, 0.6) is 0 Å². The minimum absolute atomic E-state index is 0.00681. The zero-order chi connectivity index (χ0) is 14.7. The zero-order valence-electron chi connectivity index (χ0n) is 11.2. The van der Waals surface area contributed by atoms with Gasteiger partial charge in [-0.2, -0.15) is 0 Å². The molecular weight excluding hydrogens is 266 g/mol. The van der Waals surface area contributed by atoms with E-state index in [-0.39, 0.29) is 24.9 Å². The second kappa shape index (κ2) is 5.98. The fourth-order valence-electron chi connectivity index (χ4n) is 2.26. The molecule has 0 saturated carbocycles. The molecule has 1 saturated heterocycles. The van der Waals surface area contributed by atoms with Gasteiger partial charge in [0.25, 0.3) is 0 Å². The SMILES string of the molecule is CCC1NC(=O)CN(CCc2cc(F)cc(F)c2)C1=O.